The minimum Gasteiger partial charge on any atom is -0.391 e. The lowest BCUT2D eigenvalue weighted by atomic mass is 10.4. The zero-order chi connectivity index (χ0) is 9.78. The molecule has 0 heterocycles. The molecule has 0 aliphatic heterocycles. The zero-order valence-corrected chi connectivity index (χ0v) is 6.96. The third-order valence-electron chi connectivity index (χ3n) is 0.968. The highest BCUT2D eigenvalue weighted by Gasteiger charge is 2.20. The zero-order valence-electron chi connectivity index (χ0n) is 6.07. The van der Waals surface area contributed by atoms with E-state index in [1.54, 1.807) is 0 Å². The Morgan fingerprint density at radius 3 is 2.33 bits per heavy atom. The summed E-state index contributed by atoms with van der Waals surface area (Å²) in [6.07, 6.45) is -2.18. The molecule has 0 aliphatic carbocycles. The Kier molecular flexibility index (Phi) is 4.36. The van der Waals surface area contributed by atoms with Gasteiger partial charge in [-0.2, -0.15) is 0 Å². The van der Waals surface area contributed by atoms with Gasteiger partial charge in [-0.1, -0.05) is 0 Å². The molecule has 0 aromatic rings. The number of hydrogen-bond donors (Lipinski definition) is 4. The normalized spacial score (nSPS) is 14.0. The average molecular weight is 199 g/mol. The van der Waals surface area contributed by atoms with E-state index in [9.17, 15) is 9.36 Å². The quantitative estimate of drug-likeness (QED) is 0.183. The molecule has 0 saturated heterocycles. The molecule has 0 fully saturated rings. The first-order chi connectivity index (χ1) is 5.35. The summed E-state index contributed by atoms with van der Waals surface area (Å²) in [6.45, 7) is -0.519. The van der Waals surface area contributed by atoms with E-state index in [0.29, 0.717) is 0 Å². The second kappa shape index (κ2) is 4.54. The van der Waals surface area contributed by atoms with Crippen molar-refractivity contribution in [2.75, 3.05) is 12.7 Å². The van der Waals surface area contributed by atoms with Crippen LogP contribution < -0.4 is 0 Å². The summed E-state index contributed by atoms with van der Waals surface area (Å²) >= 11 is 0. The molecule has 0 bridgehead atoms. The maximum Gasteiger partial charge on any atom is 0.328 e. The molecule has 12 heavy (non-hydrogen) atoms. The molecule has 0 aromatic carbocycles. The van der Waals surface area contributed by atoms with Crippen molar-refractivity contribution in [3.8, 4) is 0 Å². The van der Waals surface area contributed by atoms with Crippen LogP contribution in [0.4, 0.5) is 0 Å². The first-order valence-electron chi connectivity index (χ1n) is 2.98. The fourth-order valence-corrected chi connectivity index (χ4v) is 1.26. The number of nitrogens with zero attached hydrogens (tertiary/aromatic N) is 1. The van der Waals surface area contributed by atoms with Crippen LogP contribution in [0.1, 0.15) is 0 Å². The minimum atomic E-state index is -4.29. The Labute approximate surface area is 68.3 Å². The lowest BCUT2D eigenvalue weighted by Gasteiger charge is -2.14. The van der Waals surface area contributed by atoms with Gasteiger partial charge in [0.05, 0.1) is 18.8 Å². The molecule has 1 amide bonds. The monoisotopic (exact) mass is 199 g/mol. The Bertz CT molecular complexity index is 190. The molecule has 72 valence electrons. The van der Waals surface area contributed by atoms with Gasteiger partial charge in [-0.25, -0.2) is 5.06 Å². The van der Waals surface area contributed by atoms with Gasteiger partial charge in [-0.15, -0.1) is 0 Å². The van der Waals surface area contributed by atoms with E-state index in [-0.39, 0.29) is 11.5 Å². The highest BCUT2D eigenvalue weighted by atomic mass is 31.2. The van der Waals surface area contributed by atoms with E-state index < -0.39 is 26.4 Å². The number of aliphatic hydroxyl groups excluding tert-OH is 1. The maximum absolute atomic E-state index is 10.3. The lowest BCUT2D eigenvalue weighted by molar-refractivity contribution is -0.154. The van der Waals surface area contributed by atoms with E-state index in [2.05, 4.69) is 0 Å². The van der Waals surface area contributed by atoms with Crippen molar-refractivity contribution < 1.29 is 29.5 Å². The molecule has 0 aromatic heterocycles. The molecule has 1 unspecified atom stereocenters. The molecular formula is C4H10NO6P. The van der Waals surface area contributed by atoms with Gasteiger partial charge in [0.15, 0.2) is 0 Å². The topological polar surface area (TPSA) is 118 Å². The summed E-state index contributed by atoms with van der Waals surface area (Å²) in [6, 6.07) is 0. The number of hydroxylamine groups is 2. The number of carbonyl (C=O) groups excluding carboxylic acids is 1. The fourth-order valence-electron chi connectivity index (χ4n) is 0.591. The highest BCUT2D eigenvalue weighted by molar-refractivity contribution is 7.51. The molecular weight excluding hydrogens is 189 g/mol. The van der Waals surface area contributed by atoms with Crippen LogP contribution in [0.2, 0.25) is 0 Å². The average Bonchev–Trinajstić information content (AvgIpc) is 1.82. The van der Waals surface area contributed by atoms with Gasteiger partial charge in [0.1, 0.15) is 0 Å². The third-order valence-corrected chi connectivity index (χ3v) is 1.87. The Morgan fingerprint density at radius 1 is 1.50 bits per heavy atom. The first kappa shape index (κ1) is 11.5. The fraction of sp³-hybridized carbons (Fsp3) is 0.750. The van der Waals surface area contributed by atoms with Gasteiger partial charge in [0.2, 0.25) is 6.41 Å². The van der Waals surface area contributed by atoms with Crippen LogP contribution in [0, 0.1) is 0 Å². The predicted molar refractivity (Wildman–Crippen MR) is 37.5 cm³/mol. The van der Waals surface area contributed by atoms with Crippen LogP contribution >= 0.6 is 7.60 Å². The second-order valence-corrected chi connectivity index (χ2v) is 3.92. The van der Waals surface area contributed by atoms with Crippen LogP contribution in [0.15, 0.2) is 0 Å². The summed E-state index contributed by atoms with van der Waals surface area (Å²) < 4.78 is 10.3. The first-order valence-corrected chi connectivity index (χ1v) is 4.78. The van der Waals surface area contributed by atoms with Crippen LogP contribution in [-0.2, 0) is 9.36 Å². The SMILES string of the molecule is O=CN(O)CC(O)CP(=O)(O)O. The van der Waals surface area contributed by atoms with Gasteiger partial charge >= 0.3 is 7.60 Å². The summed E-state index contributed by atoms with van der Waals surface area (Å²) in [5.41, 5.74) is 0. The maximum atomic E-state index is 10.3. The minimum absolute atomic E-state index is 0.0307. The third kappa shape index (κ3) is 6.26. The van der Waals surface area contributed by atoms with Crippen molar-refractivity contribution >= 4 is 14.0 Å². The molecule has 0 aliphatic rings. The van der Waals surface area contributed by atoms with Gasteiger partial charge < -0.3 is 14.9 Å². The van der Waals surface area contributed by atoms with Gasteiger partial charge in [0.25, 0.3) is 0 Å². The predicted octanol–water partition coefficient (Wildman–Crippen LogP) is -1.63. The Morgan fingerprint density at radius 2 is 2.00 bits per heavy atom. The van der Waals surface area contributed by atoms with Gasteiger partial charge in [-0.3, -0.25) is 14.6 Å². The second-order valence-electron chi connectivity index (χ2n) is 2.23. The number of amides is 1. The van der Waals surface area contributed by atoms with Gasteiger partial charge in [-0.05, 0) is 0 Å². The molecule has 4 N–H and O–H groups in total. The smallest absolute Gasteiger partial charge is 0.328 e. The highest BCUT2D eigenvalue weighted by Crippen LogP contribution is 2.34. The molecule has 0 rings (SSSR count). The summed E-state index contributed by atoms with van der Waals surface area (Å²) in [5.74, 6) is 0. The molecule has 7 nitrogen and oxygen atoms in total. The van der Waals surface area contributed by atoms with Crippen LogP contribution in [0.25, 0.3) is 0 Å². The lowest BCUT2D eigenvalue weighted by Crippen LogP contribution is -2.30. The van der Waals surface area contributed by atoms with Crippen molar-refractivity contribution in [3.05, 3.63) is 0 Å². The van der Waals surface area contributed by atoms with Crippen LogP contribution in [0.5, 0.6) is 0 Å². The number of aliphatic hydroxyl groups is 1. The van der Waals surface area contributed by atoms with Crippen molar-refractivity contribution in [3.63, 3.8) is 0 Å². The molecule has 0 saturated carbocycles. The number of hydrogen-bond acceptors (Lipinski definition) is 4. The largest absolute Gasteiger partial charge is 0.391 e. The Balaban J connectivity index is 3.82. The van der Waals surface area contributed by atoms with E-state index in [4.69, 9.17) is 20.1 Å². The number of rotatable bonds is 5. The van der Waals surface area contributed by atoms with E-state index >= 15 is 0 Å². The van der Waals surface area contributed by atoms with E-state index in [1.165, 1.54) is 0 Å². The molecule has 8 heteroatoms. The molecule has 0 spiro atoms. The van der Waals surface area contributed by atoms with Crippen molar-refractivity contribution in [1.82, 2.24) is 5.06 Å². The van der Waals surface area contributed by atoms with Crippen molar-refractivity contribution in [1.29, 1.82) is 0 Å². The van der Waals surface area contributed by atoms with E-state index in [0.717, 1.165) is 0 Å². The molecule has 0 radical (unpaired) electrons. The van der Waals surface area contributed by atoms with Crippen molar-refractivity contribution in [2.45, 2.75) is 6.10 Å². The summed E-state index contributed by atoms with van der Waals surface area (Å²) in [4.78, 5) is 26.4. The van der Waals surface area contributed by atoms with E-state index in [1.807, 2.05) is 0 Å². The summed E-state index contributed by atoms with van der Waals surface area (Å²) in [7, 11) is -4.29. The van der Waals surface area contributed by atoms with Crippen LogP contribution in [-0.4, -0.2) is 50.4 Å². The number of carbonyl (C=O) groups is 1. The summed E-state index contributed by atoms with van der Waals surface area (Å²) in [5, 5.41) is 17.4. The van der Waals surface area contributed by atoms with Crippen molar-refractivity contribution in [2.24, 2.45) is 0 Å². The van der Waals surface area contributed by atoms with Gasteiger partial charge in [0, 0.05) is 0 Å². The molecule has 1 atom stereocenters. The standard InChI is InChI=1S/C4H10NO6P/c6-3-5(8)1-4(7)2-12(9,10)11/h3-4,7-8H,1-2H2,(H2,9,10,11). The van der Waals surface area contributed by atoms with Crippen LogP contribution in [0.3, 0.4) is 0 Å². The Hall–Kier alpha value is -0.460.